The molecule has 176 valence electrons. The van der Waals surface area contributed by atoms with E-state index < -0.39 is 16.5 Å². The lowest BCUT2D eigenvalue weighted by molar-refractivity contribution is -0.270. The van der Waals surface area contributed by atoms with Crippen molar-refractivity contribution in [2.75, 3.05) is 47.0 Å². The fourth-order valence-electron chi connectivity index (χ4n) is 3.30. The molecule has 0 aliphatic rings. The zero-order valence-electron chi connectivity index (χ0n) is 19.0. The quantitative estimate of drug-likeness (QED) is 0.368. The molecule has 1 unspecified atom stereocenters. The second kappa shape index (κ2) is 10.4. The van der Waals surface area contributed by atoms with Crippen LogP contribution in [-0.2, 0) is 10.9 Å². The second-order valence-corrected chi connectivity index (χ2v) is 9.01. The highest BCUT2D eigenvalue weighted by Crippen LogP contribution is 2.38. The molecule has 1 atom stereocenters. The van der Waals surface area contributed by atoms with Gasteiger partial charge in [-0.15, -0.1) is 0 Å². The summed E-state index contributed by atoms with van der Waals surface area (Å²) in [7, 11) is 5.15. The number of carbonyl (C=O) groups excluding carboxylic acids is 1. The van der Waals surface area contributed by atoms with Crippen molar-refractivity contribution in [1.82, 2.24) is 5.32 Å². The largest absolute Gasteiger partial charge is 0.868 e. The first-order valence-corrected chi connectivity index (χ1v) is 11.7. The van der Waals surface area contributed by atoms with Crippen LogP contribution in [0.3, 0.4) is 0 Å². The van der Waals surface area contributed by atoms with Crippen LogP contribution in [0.2, 0.25) is 0 Å². The maximum Gasteiger partial charge on any atom is 0.391 e. The number of methoxy groups -OCH3 is 4. The van der Waals surface area contributed by atoms with Gasteiger partial charge in [0.1, 0.15) is 23.3 Å². The summed E-state index contributed by atoms with van der Waals surface area (Å²) in [6, 6.07) is 7.81. The molecule has 0 aliphatic heterocycles. The highest BCUT2D eigenvalue weighted by atomic mass is 32.2. The van der Waals surface area contributed by atoms with E-state index in [1.807, 2.05) is 0 Å². The van der Waals surface area contributed by atoms with E-state index >= 15 is 0 Å². The van der Waals surface area contributed by atoms with Crippen LogP contribution in [0.4, 0.5) is 0 Å². The lowest BCUT2D eigenvalue weighted by atomic mass is 10.1. The number of benzene rings is 2. The average Bonchev–Trinajstić information content (AvgIpc) is 2.82. The fraction of sp³-hybridized carbons (Fsp3) is 0.304. The summed E-state index contributed by atoms with van der Waals surface area (Å²) in [4.78, 5) is 25.2. The van der Waals surface area contributed by atoms with E-state index in [0.29, 0.717) is 39.7 Å². The number of amides is 1. The lowest BCUT2D eigenvalue weighted by Crippen LogP contribution is -2.30. The molecular weight excluding hydrogens is 450 g/mol. The van der Waals surface area contributed by atoms with Gasteiger partial charge in [0.15, 0.2) is 11.5 Å². The molecule has 1 heterocycles. The third kappa shape index (κ3) is 4.95. The molecule has 9 nitrogen and oxygen atoms in total. The Morgan fingerprint density at radius 3 is 2.27 bits per heavy atom. The molecule has 0 fully saturated rings. The van der Waals surface area contributed by atoms with Crippen LogP contribution in [0.5, 0.6) is 28.7 Å². The molecule has 0 aliphatic carbocycles. The van der Waals surface area contributed by atoms with Crippen LogP contribution in [0, 0.1) is 0 Å². The van der Waals surface area contributed by atoms with Gasteiger partial charge in [-0.3, -0.25) is 4.79 Å². The van der Waals surface area contributed by atoms with Crippen LogP contribution in [0.15, 0.2) is 44.4 Å². The van der Waals surface area contributed by atoms with Gasteiger partial charge in [-0.05, 0) is 30.0 Å². The molecule has 0 radical (unpaired) electrons. The maximum absolute atomic E-state index is 12.9. The molecule has 1 amide bonds. The van der Waals surface area contributed by atoms with E-state index in [-0.39, 0.29) is 28.7 Å². The Bertz CT molecular complexity index is 1200. The summed E-state index contributed by atoms with van der Waals surface area (Å²) >= 11 is 0. The third-order valence-corrected chi connectivity index (χ3v) is 6.86. The highest BCUT2D eigenvalue weighted by Gasteiger charge is 2.25. The summed E-state index contributed by atoms with van der Waals surface area (Å²) in [5.41, 5.74) is -0.174. The maximum atomic E-state index is 12.9. The molecule has 33 heavy (non-hydrogen) atoms. The summed E-state index contributed by atoms with van der Waals surface area (Å²) in [6.07, 6.45) is 1.77. The van der Waals surface area contributed by atoms with Gasteiger partial charge in [-0.25, -0.2) is 4.79 Å². The number of nitrogens with one attached hydrogen (secondary N) is 1. The Morgan fingerprint density at radius 2 is 1.70 bits per heavy atom. The number of hydrogen-bond acceptors (Lipinski definition) is 8. The van der Waals surface area contributed by atoms with E-state index in [1.54, 1.807) is 30.5 Å². The highest BCUT2D eigenvalue weighted by molar-refractivity contribution is 7.96. The zero-order chi connectivity index (χ0) is 24.1. The Kier molecular flexibility index (Phi) is 7.59. The summed E-state index contributed by atoms with van der Waals surface area (Å²) < 4.78 is 26.3. The Balaban J connectivity index is 1.74. The minimum absolute atomic E-state index is 0.0784. The standard InChI is InChI=1S/C23H25NO8S/c1-28-14-6-7-15-16(12-14)32-23(27)21(19(15)25)33(5)9-8-24-22(26)13-10-17(29-2)20(31-4)18(11-13)30-3/h6-7,10-12H,8-9H2,1-5H3,(H-,24,25,26,27). The summed E-state index contributed by atoms with van der Waals surface area (Å²) in [5.74, 6) is 1.25. The van der Waals surface area contributed by atoms with E-state index in [4.69, 9.17) is 23.4 Å². The molecule has 10 heteroatoms. The first kappa shape index (κ1) is 24.1. The number of carbonyl (C=O) groups is 1. The van der Waals surface area contributed by atoms with Crippen molar-refractivity contribution >= 4 is 27.8 Å². The number of ether oxygens (including phenoxy) is 4. The predicted molar refractivity (Wildman–Crippen MR) is 123 cm³/mol. The topological polar surface area (TPSA) is 119 Å². The van der Waals surface area contributed by atoms with Crippen molar-refractivity contribution < 1.29 is 33.3 Å². The van der Waals surface area contributed by atoms with E-state index in [1.165, 1.54) is 34.5 Å². The van der Waals surface area contributed by atoms with Crippen molar-refractivity contribution in [3.63, 3.8) is 0 Å². The van der Waals surface area contributed by atoms with Gasteiger partial charge in [0.2, 0.25) is 10.6 Å². The number of fused-ring (bicyclic) bond motifs is 1. The second-order valence-electron chi connectivity index (χ2n) is 6.92. The van der Waals surface area contributed by atoms with Crippen molar-refractivity contribution in [3.05, 3.63) is 46.3 Å². The SMILES string of the molecule is COc1ccc2c([O-])c([S+](C)CCNC(=O)c3cc(OC)c(OC)c(OC)c3)c(=O)oc2c1. The van der Waals surface area contributed by atoms with Gasteiger partial charge >= 0.3 is 5.63 Å². The predicted octanol–water partition coefficient (Wildman–Crippen LogP) is 1.94. The van der Waals surface area contributed by atoms with Crippen LogP contribution in [-0.4, -0.2) is 52.9 Å². The van der Waals surface area contributed by atoms with Crippen LogP contribution in [0.25, 0.3) is 11.0 Å². The van der Waals surface area contributed by atoms with Gasteiger partial charge in [-0.2, -0.15) is 0 Å². The van der Waals surface area contributed by atoms with Crippen LogP contribution >= 0.6 is 0 Å². The molecule has 0 saturated carbocycles. The smallest absolute Gasteiger partial charge is 0.391 e. The first-order chi connectivity index (χ1) is 15.8. The zero-order valence-corrected chi connectivity index (χ0v) is 19.8. The Hall–Kier alpha value is -3.53. The van der Waals surface area contributed by atoms with Crippen LogP contribution in [0.1, 0.15) is 10.4 Å². The van der Waals surface area contributed by atoms with Crippen LogP contribution < -0.4 is 35.0 Å². The number of hydrogen-bond donors (Lipinski definition) is 1. The molecule has 3 aromatic rings. The molecule has 1 aromatic heterocycles. The molecule has 0 saturated heterocycles. The van der Waals surface area contributed by atoms with Gasteiger partial charge in [0.05, 0.1) is 35.0 Å². The first-order valence-electron chi connectivity index (χ1n) is 9.87. The number of rotatable bonds is 9. The van der Waals surface area contributed by atoms with Gasteiger partial charge in [0.25, 0.3) is 5.91 Å². The van der Waals surface area contributed by atoms with Gasteiger partial charge < -0.3 is 33.8 Å². The van der Waals surface area contributed by atoms with Gasteiger partial charge in [-0.1, -0.05) is 0 Å². The minimum atomic E-state index is -0.744. The van der Waals surface area contributed by atoms with Gasteiger partial charge in [0, 0.05) is 27.9 Å². The molecule has 3 rings (SSSR count). The molecule has 0 bridgehead atoms. The monoisotopic (exact) mass is 475 g/mol. The molecule has 1 N–H and O–H groups in total. The minimum Gasteiger partial charge on any atom is -0.868 e. The Morgan fingerprint density at radius 1 is 1.03 bits per heavy atom. The average molecular weight is 476 g/mol. The fourth-order valence-corrected chi connectivity index (χ4v) is 4.66. The van der Waals surface area contributed by atoms with E-state index in [9.17, 15) is 14.7 Å². The Labute approximate surface area is 193 Å². The van der Waals surface area contributed by atoms with E-state index in [0.717, 1.165) is 0 Å². The van der Waals surface area contributed by atoms with Crippen molar-refractivity contribution in [1.29, 1.82) is 0 Å². The summed E-state index contributed by atoms with van der Waals surface area (Å²) in [5, 5.41) is 16.0. The molecular formula is C23H25NO8S. The van der Waals surface area contributed by atoms with Crippen molar-refractivity contribution in [2.45, 2.75) is 4.90 Å². The molecule has 2 aromatic carbocycles. The normalized spacial score (nSPS) is 11.7. The third-order valence-electron chi connectivity index (χ3n) is 5.00. The molecule has 0 spiro atoms. The van der Waals surface area contributed by atoms with Crippen molar-refractivity contribution in [2.24, 2.45) is 0 Å². The summed E-state index contributed by atoms with van der Waals surface area (Å²) in [6.45, 7) is 0.245. The lowest BCUT2D eigenvalue weighted by Gasteiger charge is -2.15. The van der Waals surface area contributed by atoms with E-state index in [2.05, 4.69) is 5.32 Å². The van der Waals surface area contributed by atoms with Crippen molar-refractivity contribution in [3.8, 4) is 28.7 Å².